The lowest BCUT2D eigenvalue weighted by molar-refractivity contribution is -0.385. The van der Waals surface area contributed by atoms with Gasteiger partial charge in [-0.25, -0.2) is 0 Å². The van der Waals surface area contributed by atoms with E-state index in [1.165, 1.54) is 50.6 Å². The molecule has 0 saturated heterocycles. The topological polar surface area (TPSA) is 90.7 Å². The van der Waals surface area contributed by atoms with Crippen LogP contribution in [0.3, 0.4) is 0 Å². The lowest BCUT2D eigenvalue weighted by Crippen LogP contribution is -2.25. The Balaban J connectivity index is 2.04. The summed E-state index contributed by atoms with van der Waals surface area (Å²) < 4.78 is 34.9. The molecular formula is C18H18F2N2O5S. The van der Waals surface area contributed by atoms with Gasteiger partial charge in [-0.05, 0) is 36.8 Å². The summed E-state index contributed by atoms with van der Waals surface area (Å²) in [4.78, 5) is 23.3. The van der Waals surface area contributed by atoms with Crippen LogP contribution in [0.4, 0.5) is 14.5 Å². The minimum Gasteiger partial charge on any atom is -0.493 e. The lowest BCUT2D eigenvalue weighted by Gasteiger charge is -2.11. The molecule has 0 saturated carbocycles. The minimum atomic E-state index is -2.53. The van der Waals surface area contributed by atoms with Crippen LogP contribution in [-0.4, -0.2) is 37.4 Å². The normalized spacial score (nSPS) is 10.6. The maximum atomic E-state index is 12.3. The summed E-state index contributed by atoms with van der Waals surface area (Å²) >= 11 is 0.394. The first-order valence-electron chi connectivity index (χ1n) is 8.08. The first kappa shape index (κ1) is 21.4. The average molecular weight is 412 g/mol. The molecule has 0 spiro atoms. The monoisotopic (exact) mass is 412 g/mol. The van der Waals surface area contributed by atoms with Crippen molar-refractivity contribution in [1.29, 1.82) is 0 Å². The molecule has 2 aromatic carbocycles. The van der Waals surface area contributed by atoms with Crippen molar-refractivity contribution in [3.8, 4) is 11.5 Å². The zero-order valence-corrected chi connectivity index (χ0v) is 15.9. The van der Waals surface area contributed by atoms with Crippen LogP contribution in [0.2, 0.25) is 0 Å². The van der Waals surface area contributed by atoms with Crippen molar-refractivity contribution in [2.45, 2.75) is 17.1 Å². The van der Waals surface area contributed by atoms with Crippen molar-refractivity contribution in [2.75, 3.05) is 20.8 Å². The number of halogens is 2. The van der Waals surface area contributed by atoms with E-state index in [4.69, 9.17) is 9.47 Å². The highest BCUT2D eigenvalue weighted by Gasteiger charge is 2.19. The fraction of sp³-hybridized carbons (Fsp3) is 0.278. The van der Waals surface area contributed by atoms with Crippen molar-refractivity contribution in [3.05, 3.63) is 57.6 Å². The Morgan fingerprint density at radius 3 is 2.32 bits per heavy atom. The van der Waals surface area contributed by atoms with Crippen molar-refractivity contribution in [3.63, 3.8) is 0 Å². The van der Waals surface area contributed by atoms with Gasteiger partial charge in [0.2, 0.25) is 0 Å². The maximum Gasteiger partial charge on any atom is 0.288 e. The van der Waals surface area contributed by atoms with Gasteiger partial charge in [-0.3, -0.25) is 14.9 Å². The van der Waals surface area contributed by atoms with E-state index in [0.29, 0.717) is 33.5 Å². The molecular weight excluding hydrogens is 394 g/mol. The molecule has 1 N–H and O–H groups in total. The molecule has 1 amide bonds. The number of hydrogen-bond acceptors (Lipinski definition) is 6. The van der Waals surface area contributed by atoms with E-state index in [1.54, 1.807) is 0 Å². The van der Waals surface area contributed by atoms with Crippen LogP contribution < -0.4 is 14.8 Å². The van der Waals surface area contributed by atoms with Gasteiger partial charge in [0.15, 0.2) is 11.5 Å². The van der Waals surface area contributed by atoms with Gasteiger partial charge in [-0.15, -0.1) is 0 Å². The number of carbonyl (C=O) groups is 1. The average Bonchev–Trinajstić information content (AvgIpc) is 2.67. The number of hydrogen-bond donors (Lipinski definition) is 1. The summed E-state index contributed by atoms with van der Waals surface area (Å²) in [6.07, 6.45) is 0.196. The minimum absolute atomic E-state index is 0.139. The van der Waals surface area contributed by atoms with Crippen molar-refractivity contribution in [1.82, 2.24) is 5.32 Å². The second-order valence-corrected chi connectivity index (χ2v) is 6.57. The predicted octanol–water partition coefficient (Wildman–Crippen LogP) is 3.90. The third-order valence-corrected chi connectivity index (χ3v) is 4.53. The highest BCUT2D eigenvalue weighted by Crippen LogP contribution is 2.34. The van der Waals surface area contributed by atoms with Gasteiger partial charge >= 0.3 is 0 Å². The highest BCUT2D eigenvalue weighted by molar-refractivity contribution is 7.99. The summed E-state index contributed by atoms with van der Waals surface area (Å²) in [5, 5.41) is 13.9. The van der Waals surface area contributed by atoms with Crippen LogP contribution in [0.15, 0.2) is 41.3 Å². The van der Waals surface area contributed by atoms with Gasteiger partial charge in [0.1, 0.15) is 0 Å². The zero-order valence-electron chi connectivity index (χ0n) is 15.1. The van der Waals surface area contributed by atoms with Crippen LogP contribution in [-0.2, 0) is 6.42 Å². The molecule has 0 unspecified atom stereocenters. The number of thioether (sulfide) groups is 1. The summed E-state index contributed by atoms with van der Waals surface area (Å²) in [6.45, 7) is 0.142. The second-order valence-electron chi connectivity index (χ2n) is 5.50. The standard InChI is InChI=1S/C18H18F2N2O5S/c1-26-15-9-12(14(22(24)25)10-16(15)27-2)7-8-21-17(23)11-3-5-13(6-4-11)28-18(19)20/h3-6,9-10,18H,7-8H2,1-2H3,(H,21,23). The van der Waals surface area contributed by atoms with E-state index in [0.717, 1.165) is 0 Å². The Labute approximate surface area is 164 Å². The van der Waals surface area contributed by atoms with Gasteiger partial charge in [0.25, 0.3) is 17.4 Å². The number of amides is 1. The quantitative estimate of drug-likeness (QED) is 0.382. The first-order valence-corrected chi connectivity index (χ1v) is 8.96. The van der Waals surface area contributed by atoms with Crippen LogP contribution in [0.5, 0.6) is 11.5 Å². The van der Waals surface area contributed by atoms with E-state index < -0.39 is 16.6 Å². The number of nitrogens with one attached hydrogen (secondary N) is 1. The molecule has 0 heterocycles. The lowest BCUT2D eigenvalue weighted by atomic mass is 10.1. The van der Waals surface area contributed by atoms with E-state index in [9.17, 15) is 23.7 Å². The van der Waals surface area contributed by atoms with E-state index >= 15 is 0 Å². The number of carbonyl (C=O) groups excluding carboxylic acids is 1. The van der Waals surface area contributed by atoms with E-state index in [1.807, 2.05) is 0 Å². The SMILES string of the molecule is COc1cc(CCNC(=O)c2ccc(SC(F)F)cc2)c([N+](=O)[O-])cc1OC. The first-order chi connectivity index (χ1) is 13.3. The summed E-state index contributed by atoms with van der Waals surface area (Å²) in [6, 6.07) is 8.53. The Morgan fingerprint density at radius 1 is 1.18 bits per heavy atom. The molecule has 0 aliphatic heterocycles. The molecule has 0 radical (unpaired) electrons. The molecule has 0 bridgehead atoms. The number of nitrogens with zero attached hydrogens (tertiary/aromatic N) is 1. The van der Waals surface area contributed by atoms with E-state index in [2.05, 4.69) is 5.32 Å². The molecule has 0 fully saturated rings. The van der Waals surface area contributed by atoms with Crippen molar-refractivity contribution < 1.29 is 28.0 Å². The maximum absolute atomic E-state index is 12.3. The molecule has 0 aromatic heterocycles. The number of ether oxygens (including phenoxy) is 2. The smallest absolute Gasteiger partial charge is 0.288 e. The molecule has 7 nitrogen and oxygen atoms in total. The van der Waals surface area contributed by atoms with Crippen LogP contribution in [0, 0.1) is 10.1 Å². The van der Waals surface area contributed by atoms with Gasteiger partial charge in [0, 0.05) is 22.6 Å². The Kier molecular flexibility index (Phi) is 7.56. The number of rotatable bonds is 9. The summed E-state index contributed by atoms with van der Waals surface area (Å²) in [5.41, 5.74) is 0.548. The van der Waals surface area contributed by atoms with Gasteiger partial charge in [-0.2, -0.15) is 8.78 Å². The molecule has 28 heavy (non-hydrogen) atoms. The molecule has 10 heteroatoms. The Bertz CT molecular complexity index is 847. The second kappa shape index (κ2) is 9.88. The molecule has 2 rings (SSSR count). The number of alkyl halides is 2. The van der Waals surface area contributed by atoms with Gasteiger partial charge in [-0.1, -0.05) is 11.8 Å². The summed E-state index contributed by atoms with van der Waals surface area (Å²) in [7, 11) is 2.80. The highest BCUT2D eigenvalue weighted by atomic mass is 32.2. The number of benzene rings is 2. The van der Waals surface area contributed by atoms with E-state index in [-0.39, 0.29) is 24.4 Å². The van der Waals surface area contributed by atoms with Crippen molar-refractivity contribution in [2.24, 2.45) is 0 Å². The number of nitro groups is 1. The largest absolute Gasteiger partial charge is 0.493 e. The fourth-order valence-corrected chi connectivity index (χ4v) is 2.98. The molecule has 0 aliphatic carbocycles. The number of methoxy groups -OCH3 is 2. The zero-order chi connectivity index (χ0) is 20.7. The van der Waals surface area contributed by atoms with Gasteiger partial charge < -0.3 is 14.8 Å². The third kappa shape index (κ3) is 5.56. The van der Waals surface area contributed by atoms with Crippen LogP contribution in [0.1, 0.15) is 15.9 Å². The van der Waals surface area contributed by atoms with Crippen LogP contribution >= 0.6 is 11.8 Å². The fourth-order valence-electron chi connectivity index (χ4n) is 2.48. The molecule has 0 atom stereocenters. The molecule has 0 aliphatic rings. The summed E-state index contributed by atoms with van der Waals surface area (Å²) in [5.74, 6) is -2.35. The Morgan fingerprint density at radius 2 is 1.79 bits per heavy atom. The van der Waals surface area contributed by atoms with Gasteiger partial charge in [0.05, 0.1) is 25.2 Å². The number of nitro benzene ring substituents is 1. The molecule has 150 valence electrons. The molecule has 2 aromatic rings. The Hall–Kier alpha value is -2.88. The van der Waals surface area contributed by atoms with Crippen LogP contribution in [0.25, 0.3) is 0 Å². The predicted molar refractivity (Wildman–Crippen MR) is 101 cm³/mol. The van der Waals surface area contributed by atoms with Crippen molar-refractivity contribution >= 4 is 23.4 Å². The third-order valence-electron chi connectivity index (χ3n) is 3.80.